The number of nitrogen functional groups attached to an aromatic ring is 1. The van der Waals surface area contributed by atoms with Gasteiger partial charge in [-0.05, 0) is 36.0 Å². The Morgan fingerprint density at radius 1 is 1.38 bits per heavy atom. The van der Waals surface area contributed by atoms with Crippen molar-refractivity contribution in [3.05, 3.63) is 58.9 Å². The van der Waals surface area contributed by atoms with Crippen molar-refractivity contribution < 1.29 is 18.9 Å². The van der Waals surface area contributed by atoms with Gasteiger partial charge in [0.1, 0.15) is 0 Å². The average molecular weight is 375 g/mol. The summed E-state index contributed by atoms with van der Waals surface area (Å²) in [5, 5.41) is 3.18. The molecule has 2 aromatic rings. The van der Waals surface area contributed by atoms with E-state index in [1.807, 2.05) is 0 Å². The Kier molecular flexibility index (Phi) is 6.56. The van der Waals surface area contributed by atoms with Gasteiger partial charge in [0.15, 0.2) is 0 Å². The molecule has 1 aromatic heterocycles. The Morgan fingerprint density at radius 3 is 2.69 bits per heavy atom. The molecule has 136 valence electrons. The zero-order valence-corrected chi connectivity index (χ0v) is 15.0. The van der Waals surface area contributed by atoms with Crippen LogP contribution in [0.4, 0.5) is 11.5 Å². The van der Waals surface area contributed by atoms with Crippen LogP contribution < -0.4 is 21.2 Å². The van der Waals surface area contributed by atoms with Crippen molar-refractivity contribution in [1.82, 2.24) is 4.98 Å². The normalized spacial score (nSPS) is 10.2. The van der Waals surface area contributed by atoms with Crippen molar-refractivity contribution in [2.75, 3.05) is 23.9 Å². The van der Waals surface area contributed by atoms with E-state index in [0.717, 1.165) is 11.8 Å². The van der Waals surface area contributed by atoms with Crippen LogP contribution in [-0.4, -0.2) is 29.7 Å². The van der Waals surface area contributed by atoms with Gasteiger partial charge in [-0.2, -0.15) is 0 Å². The number of methoxy groups -OCH3 is 1. The molecule has 0 aliphatic rings. The van der Waals surface area contributed by atoms with Crippen LogP contribution in [0.15, 0.2) is 52.9 Å². The molecule has 0 atom stereocenters. The van der Waals surface area contributed by atoms with Crippen molar-refractivity contribution in [3.63, 3.8) is 0 Å². The first-order valence-electron chi connectivity index (χ1n) is 7.59. The number of esters is 1. The summed E-state index contributed by atoms with van der Waals surface area (Å²) in [5.74, 6) is -0.366. The van der Waals surface area contributed by atoms with Gasteiger partial charge in [-0.25, -0.2) is 14.3 Å². The van der Waals surface area contributed by atoms with E-state index in [2.05, 4.69) is 21.6 Å². The summed E-state index contributed by atoms with van der Waals surface area (Å²) in [6, 6.07) is 7.60. The number of aromatic nitrogens is 2. The fourth-order valence-corrected chi connectivity index (χ4v) is 2.96. The second kappa shape index (κ2) is 8.86. The molecule has 26 heavy (non-hydrogen) atoms. The maximum atomic E-state index is 12.1. The van der Waals surface area contributed by atoms with Crippen molar-refractivity contribution in [1.29, 1.82) is 0 Å². The summed E-state index contributed by atoms with van der Waals surface area (Å²) >= 11 is 1.15. The molecule has 1 aromatic carbocycles. The maximum absolute atomic E-state index is 12.1. The second-order valence-electron chi connectivity index (χ2n) is 5.17. The van der Waals surface area contributed by atoms with Crippen molar-refractivity contribution >= 4 is 35.1 Å². The highest BCUT2D eigenvalue weighted by Crippen LogP contribution is 2.14. The Bertz CT molecular complexity index is 877. The molecule has 0 unspecified atom stereocenters. The maximum Gasteiger partial charge on any atom is 0.337 e. The number of carbonyl (C=O) groups is 2. The van der Waals surface area contributed by atoms with Crippen molar-refractivity contribution in [3.8, 4) is 0 Å². The van der Waals surface area contributed by atoms with Crippen LogP contribution in [0.2, 0.25) is 0 Å². The van der Waals surface area contributed by atoms with Gasteiger partial charge in [0.25, 0.3) is 5.16 Å². The number of amides is 1. The minimum Gasteiger partial charge on any atom is -0.465 e. The molecule has 1 amide bonds. The quantitative estimate of drug-likeness (QED) is 0.218. The summed E-state index contributed by atoms with van der Waals surface area (Å²) in [6.45, 7) is 4.05. The molecular formula is C17H19N4O4S+. The zero-order valence-electron chi connectivity index (χ0n) is 14.2. The summed E-state index contributed by atoms with van der Waals surface area (Å²) in [4.78, 5) is 37.8. The minimum atomic E-state index is -0.448. The summed E-state index contributed by atoms with van der Waals surface area (Å²) < 4.78 is 6.27. The standard InChI is InChI=1S/C17H18N4O4S/c1-3-8-21-13(18)9-14(22)20-17(21)26-10-15(23)19-12-6-4-11(5-7-12)16(24)25-2/h3-7,9H,1,8,10H2,2H3,(H3,18,19,22,23,24)/p+1. The van der Waals surface area contributed by atoms with E-state index in [1.54, 1.807) is 34.9 Å². The lowest BCUT2D eigenvalue weighted by Gasteiger charge is -2.08. The number of nitrogens with zero attached hydrogens (tertiary/aromatic N) is 1. The number of thioether (sulfide) groups is 1. The monoisotopic (exact) mass is 375 g/mol. The van der Waals surface area contributed by atoms with Gasteiger partial charge >= 0.3 is 11.5 Å². The number of carbonyl (C=O) groups excluding carboxylic acids is 2. The van der Waals surface area contributed by atoms with Crippen molar-refractivity contribution in [2.45, 2.75) is 11.7 Å². The number of hydrogen-bond donors (Lipinski definition) is 3. The number of ether oxygens (including phenoxy) is 1. The molecule has 8 nitrogen and oxygen atoms in total. The van der Waals surface area contributed by atoms with Crippen LogP contribution in [0.25, 0.3) is 0 Å². The van der Waals surface area contributed by atoms with Crippen LogP contribution in [0.5, 0.6) is 0 Å². The first-order chi connectivity index (χ1) is 12.4. The first kappa shape index (κ1) is 19.3. The van der Waals surface area contributed by atoms with E-state index in [1.165, 1.54) is 13.2 Å². The van der Waals surface area contributed by atoms with Crippen molar-refractivity contribution in [2.24, 2.45) is 0 Å². The molecule has 9 heteroatoms. The van der Waals surface area contributed by atoms with E-state index in [0.29, 0.717) is 23.0 Å². The predicted molar refractivity (Wildman–Crippen MR) is 99.0 cm³/mol. The van der Waals surface area contributed by atoms with Crippen LogP contribution in [0.1, 0.15) is 10.4 Å². The smallest absolute Gasteiger partial charge is 0.337 e. The Labute approximate surface area is 154 Å². The molecule has 2 rings (SSSR count). The van der Waals surface area contributed by atoms with E-state index < -0.39 is 5.97 Å². The third kappa shape index (κ3) is 4.96. The number of rotatable bonds is 7. The first-order valence-corrected chi connectivity index (χ1v) is 8.57. The number of nitrogens with one attached hydrogen (secondary N) is 2. The number of benzene rings is 1. The van der Waals surface area contributed by atoms with E-state index in [4.69, 9.17) is 5.73 Å². The largest absolute Gasteiger partial charge is 0.465 e. The highest BCUT2D eigenvalue weighted by atomic mass is 32.2. The molecule has 4 N–H and O–H groups in total. The Hall–Kier alpha value is -3.07. The zero-order chi connectivity index (χ0) is 19.1. The molecule has 1 heterocycles. The Morgan fingerprint density at radius 2 is 2.08 bits per heavy atom. The number of anilines is 2. The minimum absolute atomic E-state index is 0.0648. The highest BCUT2D eigenvalue weighted by Gasteiger charge is 2.15. The number of aromatic amines is 1. The second-order valence-corrected chi connectivity index (χ2v) is 6.13. The van der Waals surface area contributed by atoms with Crippen LogP contribution in [0.3, 0.4) is 0 Å². The molecular weight excluding hydrogens is 356 g/mol. The van der Waals surface area contributed by atoms with E-state index >= 15 is 0 Å². The third-order valence-corrected chi connectivity index (χ3v) is 4.31. The fraction of sp³-hybridized carbons (Fsp3) is 0.176. The van der Waals surface area contributed by atoms with Gasteiger partial charge in [0.2, 0.25) is 11.7 Å². The lowest BCUT2D eigenvalue weighted by atomic mass is 10.2. The van der Waals surface area contributed by atoms with Crippen LogP contribution in [0, 0.1) is 0 Å². The number of nitrogens with two attached hydrogens (primary N) is 1. The summed E-state index contributed by atoms with van der Waals surface area (Å²) in [6.07, 6.45) is 1.64. The molecule has 0 aliphatic heterocycles. The van der Waals surface area contributed by atoms with E-state index in [-0.39, 0.29) is 23.0 Å². The van der Waals surface area contributed by atoms with Gasteiger partial charge in [-0.1, -0.05) is 12.7 Å². The lowest BCUT2D eigenvalue weighted by Crippen LogP contribution is -2.42. The van der Waals surface area contributed by atoms with Gasteiger partial charge in [-0.15, -0.1) is 0 Å². The lowest BCUT2D eigenvalue weighted by molar-refractivity contribution is -0.714. The number of hydrogen-bond acceptors (Lipinski definition) is 6. The molecule has 0 aliphatic carbocycles. The van der Waals surface area contributed by atoms with E-state index in [9.17, 15) is 14.4 Å². The highest BCUT2D eigenvalue weighted by molar-refractivity contribution is 7.99. The van der Waals surface area contributed by atoms with Gasteiger partial charge in [-0.3, -0.25) is 9.59 Å². The van der Waals surface area contributed by atoms with Gasteiger partial charge < -0.3 is 15.8 Å². The molecule has 0 radical (unpaired) electrons. The van der Waals surface area contributed by atoms with Gasteiger partial charge in [0.05, 0.1) is 31.0 Å². The topological polar surface area (TPSA) is 118 Å². The fourth-order valence-electron chi connectivity index (χ4n) is 2.11. The van der Waals surface area contributed by atoms with Crippen LogP contribution >= 0.6 is 11.8 Å². The third-order valence-electron chi connectivity index (χ3n) is 3.31. The predicted octanol–water partition coefficient (Wildman–Crippen LogP) is 0.948. The van der Waals surface area contributed by atoms with Gasteiger partial charge in [0, 0.05) is 5.69 Å². The molecule has 0 fully saturated rings. The molecule has 0 saturated heterocycles. The number of H-pyrrole nitrogens is 1. The molecule has 0 bridgehead atoms. The summed E-state index contributed by atoms with van der Waals surface area (Å²) in [5.41, 5.74) is 6.42. The van der Waals surface area contributed by atoms with Crippen LogP contribution in [-0.2, 0) is 16.1 Å². The molecule has 0 saturated carbocycles. The SMILES string of the molecule is C=CC[n+]1c(N)cc(=O)[nH]c1SCC(=O)Nc1ccc(C(=O)OC)cc1. The Balaban J connectivity index is 2.02. The molecule has 0 spiro atoms. The average Bonchev–Trinajstić information content (AvgIpc) is 2.62. The summed E-state index contributed by atoms with van der Waals surface area (Å²) in [7, 11) is 1.30. The number of allylic oxidation sites excluding steroid dienone is 1.